The number of halogens is 1. The van der Waals surface area contributed by atoms with Crippen LogP contribution in [0.15, 0.2) is 54.6 Å². The third-order valence-corrected chi connectivity index (χ3v) is 6.20. The molecule has 5 nitrogen and oxygen atoms in total. The minimum absolute atomic E-state index is 0.0387. The fraction of sp³-hybridized carbons (Fsp3) is 0.360. The first kappa shape index (κ1) is 19.9. The molecule has 3 aromatic rings. The average Bonchev–Trinajstić information content (AvgIpc) is 3.00. The number of imidazole rings is 1. The molecule has 1 atom stereocenters. The summed E-state index contributed by atoms with van der Waals surface area (Å²) in [6.45, 7) is 2.32. The topological polar surface area (TPSA) is 47.4 Å². The van der Waals surface area contributed by atoms with Gasteiger partial charge in [-0.2, -0.15) is 0 Å². The third-order valence-electron chi connectivity index (χ3n) is 6.20. The number of nitrogens with zero attached hydrogens (tertiary/aromatic N) is 3. The van der Waals surface area contributed by atoms with Crippen LogP contribution < -0.4 is 0 Å². The lowest BCUT2D eigenvalue weighted by atomic mass is 10.1. The molecule has 0 unspecified atom stereocenters. The zero-order chi connectivity index (χ0) is 21.2. The lowest BCUT2D eigenvalue weighted by Crippen LogP contribution is -2.42. The number of ether oxygens (including phenoxy) is 1. The zero-order valence-corrected chi connectivity index (χ0v) is 17.5. The Balaban J connectivity index is 1.46. The number of benzene rings is 2. The van der Waals surface area contributed by atoms with Crippen molar-refractivity contribution in [2.24, 2.45) is 0 Å². The monoisotopic (exact) mass is 419 g/mol. The summed E-state index contributed by atoms with van der Waals surface area (Å²) in [5, 5.41) is 0. The summed E-state index contributed by atoms with van der Waals surface area (Å²) in [6.07, 6.45) is 3.94. The van der Waals surface area contributed by atoms with Crippen LogP contribution in [0.2, 0.25) is 0 Å². The molecule has 0 spiro atoms. The van der Waals surface area contributed by atoms with Crippen LogP contribution in [0.1, 0.15) is 47.1 Å². The zero-order valence-electron chi connectivity index (χ0n) is 17.5. The molecule has 1 amide bonds. The maximum atomic E-state index is 13.6. The highest BCUT2D eigenvalue weighted by Gasteiger charge is 2.31. The first-order valence-electron chi connectivity index (χ1n) is 11.0. The molecule has 0 bridgehead atoms. The van der Waals surface area contributed by atoms with Gasteiger partial charge in [0.2, 0.25) is 0 Å². The molecule has 2 aliphatic rings. The predicted octanol–water partition coefficient (Wildman–Crippen LogP) is 4.63. The molecular formula is C25H26FN3O2. The standard InChI is InChI=1S/C25H26FN3O2/c26-20-12-10-18(11-13-20)22-17-28(15-16-31-22)25(30)23-21-9-5-2-6-14-29(21)24(27-23)19-7-3-1-4-8-19/h1,3-4,7-8,10-13,22H,2,5-6,9,14-17H2/t22-/m1/s1. The van der Waals surface area contributed by atoms with Gasteiger partial charge in [0.05, 0.1) is 18.8 Å². The third kappa shape index (κ3) is 4.00. The maximum Gasteiger partial charge on any atom is 0.274 e. The van der Waals surface area contributed by atoms with Crippen molar-refractivity contribution in [2.75, 3.05) is 19.7 Å². The van der Waals surface area contributed by atoms with E-state index in [-0.39, 0.29) is 17.8 Å². The van der Waals surface area contributed by atoms with Crippen molar-refractivity contribution in [1.82, 2.24) is 14.5 Å². The molecular weight excluding hydrogens is 393 g/mol. The van der Waals surface area contributed by atoms with E-state index in [1.807, 2.05) is 35.2 Å². The summed E-state index contributed by atoms with van der Waals surface area (Å²) in [4.78, 5) is 20.3. The van der Waals surface area contributed by atoms with E-state index in [9.17, 15) is 9.18 Å². The molecule has 31 heavy (non-hydrogen) atoms. The Morgan fingerprint density at radius 2 is 1.81 bits per heavy atom. The number of amides is 1. The Bertz CT molecular complexity index is 1060. The molecule has 1 fully saturated rings. The summed E-state index contributed by atoms with van der Waals surface area (Å²) in [7, 11) is 0. The second-order valence-corrected chi connectivity index (χ2v) is 8.22. The summed E-state index contributed by atoms with van der Waals surface area (Å²) >= 11 is 0. The van der Waals surface area contributed by atoms with Crippen molar-refractivity contribution in [3.8, 4) is 11.4 Å². The van der Waals surface area contributed by atoms with Gasteiger partial charge in [-0.15, -0.1) is 0 Å². The molecule has 2 aromatic carbocycles. The van der Waals surface area contributed by atoms with E-state index in [0.29, 0.717) is 25.4 Å². The Morgan fingerprint density at radius 1 is 1.00 bits per heavy atom. The number of carbonyl (C=O) groups excluding carboxylic acids is 1. The first-order chi connectivity index (χ1) is 15.2. The van der Waals surface area contributed by atoms with Crippen LogP contribution in [0, 0.1) is 5.82 Å². The van der Waals surface area contributed by atoms with Crippen molar-refractivity contribution in [3.63, 3.8) is 0 Å². The molecule has 1 aromatic heterocycles. The van der Waals surface area contributed by atoms with E-state index in [0.717, 1.165) is 54.9 Å². The van der Waals surface area contributed by atoms with E-state index in [1.54, 1.807) is 12.1 Å². The van der Waals surface area contributed by atoms with Crippen molar-refractivity contribution >= 4 is 5.91 Å². The van der Waals surface area contributed by atoms with Crippen molar-refractivity contribution in [2.45, 2.75) is 38.3 Å². The van der Waals surface area contributed by atoms with Gasteiger partial charge in [0.15, 0.2) is 0 Å². The predicted molar refractivity (Wildman–Crippen MR) is 116 cm³/mol. The Morgan fingerprint density at radius 3 is 2.61 bits per heavy atom. The van der Waals surface area contributed by atoms with Crippen molar-refractivity contribution < 1.29 is 13.9 Å². The highest BCUT2D eigenvalue weighted by Crippen LogP contribution is 2.29. The van der Waals surface area contributed by atoms with Gasteiger partial charge in [0.1, 0.15) is 23.4 Å². The molecule has 2 aliphatic heterocycles. The fourth-order valence-corrected chi connectivity index (χ4v) is 4.56. The Hall–Kier alpha value is -2.99. The lowest BCUT2D eigenvalue weighted by Gasteiger charge is -2.33. The van der Waals surface area contributed by atoms with E-state index in [1.165, 1.54) is 12.1 Å². The van der Waals surface area contributed by atoms with Crippen LogP contribution in [0.4, 0.5) is 4.39 Å². The highest BCUT2D eigenvalue weighted by molar-refractivity contribution is 5.94. The summed E-state index contributed by atoms with van der Waals surface area (Å²) in [5.74, 6) is 0.564. The second-order valence-electron chi connectivity index (χ2n) is 8.22. The Labute approximate surface area is 181 Å². The lowest BCUT2D eigenvalue weighted by molar-refractivity contribution is -0.0230. The first-order valence-corrected chi connectivity index (χ1v) is 11.0. The molecule has 1 saturated heterocycles. The van der Waals surface area contributed by atoms with Gasteiger partial charge in [-0.05, 0) is 37.0 Å². The van der Waals surface area contributed by atoms with Gasteiger partial charge in [0, 0.05) is 18.7 Å². The number of carbonyl (C=O) groups is 1. The molecule has 6 heteroatoms. The molecule has 0 saturated carbocycles. The van der Waals surface area contributed by atoms with Gasteiger partial charge in [-0.25, -0.2) is 9.37 Å². The molecule has 5 rings (SSSR count). The molecule has 160 valence electrons. The number of fused-ring (bicyclic) bond motifs is 1. The number of hydrogen-bond donors (Lipinski definition) is 0. The van der Waals surface area contributed by atoms with Crippen LogP contribution in [0.25, 0.3) is 11.4 Å². The van der Waals surface area contributed by atoms with Crippen LogP contribution in [-0.4, -0.2) is 40.1 Å². The van der Waals surface area contributed by atoms with Gasteiger partial charge in [0.25, 0.3) is 5.91 Å². The molecule has 0 radical (unpaired) electrons. The van der Waals surface area contributed by atoms with E-state index < -0.39 is 0 Å². The smallest absolute Gasteiger partial charge is 0.274 e. The van der Waals surface area contributed by atoms with Crippen LogP contribution >= 0.6 is 0 Å². The van der Waals surface area contributed by atoms with Gasteiger partial charge < -0.3 is 14.2 Å². The minimum Gasteiger partial charge on any atom is -0.370 e. The normalized spacial score (nSPS) is 19.0. The van der Waals surface area contributed by atoms with E-state index in [2.05, 4.69) is 4.57 Å². The van der Waals surface area contributed by atoms with Crippen LogP contribution in [0.3, 0.4) is 0 Å². The summed E-state index contributed by atoms with van der Waals surface area (Å²) in [6, 6.07) is 16.4. The Kier molecular flexibility index (Phi) is 5.55. The molecule has 0 aliphatic carbocycles. The molecule has 3 heterocycles. The summed E-state index contributed by atoms with van der Waals surface area (Å²) in [5.41, 5.74) is 3.54. The van der Waals surface area contributed by atoms with Gasteiger partial charge in [-0.1, -0.05) is 48.9 Å². The van der Waals surface area contributed by atoms with Crippen LogP contribution in [-0.2, 0) is 17.7 Å². The average molecular weight is 420 g/mol. The number of hydrogen-bond acceptors (Lipinski definition) is 3. The van der Waals surface area contributed by atoms with Crippen LogP contribution in [0.5, 0.6) is 0 Å². The van der Waals surface area contributed by atoms with E-state index in [4.69, 9.17) is 9.72 Å². The number of morpholine rings is 1. The number of rotatable bonds is 3. The quantitative estimate of drug-likeness (QED) is 0.622. The fourth-order valence-electron chi connectivity index (χ4n) is 4.56. The minimum atomic E-state index is -0.276. The molecule has 0 N–H and O–H groups in total. The highest BCUT2D eigenvalue weighted by atomic mass is 19.1. The summed E-state index contributed by atoms with van der Waals surface area (Å²) < 4.78 is 21.4. The second kappa shape index (κ2) is 8.63. The van der Waals surface area contributed by atoms with Crippen molar-refractivity contribution in [3.05, 3.63) is 77.4 Å². The van der Waals surface area contributed by atoms with E-state index >= 15 is 0 Å². The SMILES string of the molecule is O=C(c1nc(-c2ccccc2)n2c1CCCCC2)N1CCO[C@@H](c2ccc(F)cc2)C1. The number of aromatic nitrogens is 2. The largest absolute Gasteiger partial charge is 0.370 e. The van der Waals surface area contributed by atoms with Gasteiger partial charge >= 0.3 is 0 Å². The van der Waals surface area contributed by atoms with Gasteiger partial charge in [-0.3, -0.25) is 4.79 Å². The maximum absolute atomic E-state index is 13.6. The van der Waals surface area contributed by atoms with Crippen molar-refractivity contribution in [1.29, 1.82) is 0 Å².